The first kappa shape index (κ1) is 10.6. The van der Waals surface area contributed by atoms with Gasteiger partial charge in [0.2, 0.25) is 5.69 Å². The smallest absolute Gasteiger partial charge is 0.361 e. The monoisotopic (exact) mass is 213 g/mol. The van der Waals surface area contributed by atoms with E-state index < -0.39 is 33.9 Å². The number of carboxylic acid groups (broad SMARTS) is 2. The minimum Gasteiger partial charge on any atom is -0.477 e. The maximum atomic E-state index is 10.6. The van der Waals surface area contributed by atoms with E-state index in [1.165, 1.54) is 0 Å². The van der Waals surface area contributed by atoms with E-state index in [0.717, 1.165) is 12.1 Å². The zero-order chi connectivity index (χ0) is 11.6. The lowest BCUT2D eigenvalue weighted by Gasteiger charge is -1.95. The molecule has 1 rings (SSSR count). The molecule has 0 unspecified atom stereocenters. The quantitative estimate of drug-likeness (QED) is 0.615. The molecule has 8 heteroatoms. The third-order valence-corrected chi connectivity index (χ3v) is 1.50. The molecule has 0 saturated heterocycles. The van der Waals surface area contributed by atoms with Crippen molar-refractivity contribution < 1.29 is 29.9 Å². The second-order valence-electron chi connectivity index (χ2n) is 2.45. The second kappa shape index (κ2) is 3.70. The van der Waals surface area contributed by atoms with Crippen molar-refractivity contribution in [2.24, 2.45) is 0 Å². The first-order valence-corrected chi connectivity index (χ1v) is 3.57. The van der Waals surface area contributed by atoms with Crippen molar-refractivity contribution in [3.05, 3.63) is 28.4 Å². The maximum Gasteiger partial charge on any atom is 0.361 e. The molecule has 0 aliphatic carbocycles. The maximum absolute atomic E-state index is 10.6. The summed E-state index contributed by atoms with van der Waals surface area (Å²) in [5.41, 5.74) is -1.99. The van der Waals surface area contributed by atoms with Gasteiger partial charge in [0.1, 0.15) is 5.69 Å². The van der Waals surface area contributed by atoms with Crippen LogP contribution in [0.1, 0.15) is 21.0 Å². The highest BCUT2D eigenvalue weighted by Crippen LogP contribution is 2.16. The number of pyridine rings is 1. The fraction of sp³-hybridized carbons (Fsp3) is 0. The Bertz CT molecular complexity index is 455. The Balaban J connectivity index is 3.40. The van der Waals surface area contributed by atoms with Gasteiger partial charge in [-0.05, 0) is 6.07 Å². The molecule has 0 aromatic carbocycles. The number of rotatable bonds is 3. The summed E-state index contributed by atoms with van der Waals surface area (Å²) in [5, 5.41) is 25.6. The van der Waals surface area contributed by atoms with Crippen LogP contribution < -0.4 is 0 Å². The largest absolute Gasteiger partial charge is 0.477 e. The van der Waals surface area contributed by atoms with Crippen molar-refractivity contribution >= 4 is 17.6 Å². The summed E-state index contributed by atoms with van der Waals surface area (Å²) in [5.74, 6) is -3.04. The van der Waals surface area contributed by atoms with Gasteiger partial charge in [-0.25, -0.2) is 19.8 Å². The van der Waals surface area contributed by atoms with Gasteiger partial charge in [0.25, 0.3) is 4.92 Å². The van der Waals surface area contributed by atoms with Crippen LogP contribution in [-0.2, 0) is 0 Å². The van der Waals surface area contributed by atoms with Gasteiger partial charge < -0.3 is 10.2 Å². The lowest BCUT2D eigenvalue weighted by atomic mass is 10.2. The van der Waals surface area contributed by atoms with Crippen LogP contribution in [0, 0.1) is 4.91 Å². The van der Waals surface area contributed by atoms with Crippen molar-refractivity contribution in [2.75, 3.05) is 0 Å². The molecule has 0 amide bonds. The fourth-order valence-electron chi connectivity index (χ4n) is 0.883. The van der Waals surface area contributed by atoms with Gasteiger partial charge in [0.05, 0.1) is 4.91 Å². The van der Waals surface area contributed by atoms with Gasteiger partial charge in [-0.3, -0.25) is 0 Å². The van der Waals surface area contributed by atoms with Crippen molar-refractivity contribution in [3.8, 4) is 0 Å². The van der Waals surface area contributed by atoms with Crippen LogP contribution in [0.3, 0.4) is 0 Å². The molecular weight excluding hydrogens is 208 g/mol. The molecule has 0 fully saturated rings. The van der Waals surface area contributed by atoms with Crippen LogP contribution in [-0.4, -0.2) is 37.3 Å². The Labute approximate surface area is 81.9 Å². The van der Waals surface area contributed by atoms with Crippen LogP contribution >= 0.6 is 0 Å². The first-order valence-electron chi connectivity index (χ1n) is 3.57. The molecule has 1 aromatic rings. The number of carbonyl (C=O) groups is 2. The lowest BCUT2D eigenvalue weighted by molar-refractivity contribution is -0.730. The van der Waals surface area contributed by atoms with Gasteiger partial charge in [0, 0.05) is 6.07 Å². The predicted octanol–water partition coefficient (Wildman–Crippen LogP) is 0.278. The van der Waals surface area contributed by atoms with Crippen molar-refractivity contribution in [2.45, 2.75) is 0 Å². The molecule has 1 aromatic heterocycles. The number of aromatic carboxylic acids is 2. The van der Waals surface area contributed by atoms with E-state index in [9.17, 15) is 14.5 Å². The van der Waals surface area contributed by atoms with E-state index in [0.29, 0.717) is 0 Å². The van der Waals surface area contributed by atoms with Gasteiger partial charge >= 0.3 is 17.6 Å². The van der Waals surface area contributed by atoms with Crippen LogP contribution in [0.15, 0.2) is 12.1 Å². The third kappa shape index (κ3) is 2.05. The summed E-state index contributed by atoms with van der Waals surface area (Å²) < 4.78 is 0. The van der Waals surface area contributed by atoms with Crippen molar-refractivity contribution in [1.82, 2.24) is 4.98 Å². The Kier molecular flexibility index (Phi) is 2.61. The molecule has 1 heterocycles. The lowest BCUT2D eigenvalue weighted by Crippen LogP contribution is -2.10. The summed E-state index contributed by atoms with van der Waals surface area (Å²) in [6.45, 7) is 0. The molecule has 78 valence electrons. The minimum absolute atomic E-state index is 0.530. The highest BCUT2D eigenvalue weighted by molar-refractivity contribution is 5.93. The summed E-state index contributed by atoms with van der Waals surface area (Å²) in [6.07, 6.45) is 0. The van der Waals surface area contributed by atoms with Gasteiger partial charge in [-0.15, -0.1) is 0 Å². The Morgan fingerprint density at radius 1 is 1.20 bits per heavy atom. The van der Waals surface area contributed by atoms with Crippen LogP contribution in [0.25, 0.3) is 0 Å². The van der Waals surface area contributed by atoms with E-state index in [1.807, 2.05) is 0 Å². The SMILES string of the molecule is O=C(O)c1ccc([N+](=O)O)c(C(=O)O)n1. The van der Waals surface area contributed by atoms with Crippen molar-refractivity contribution in [1.29, 1.82) is 0 Å². The number of aromatic nitrogens is 1. The van der Waals surface area contributed by atoms with E-state index in [-0.39, 0.29) is 0 Å². The van der Waals surface area contributed by atoms with Gasteiger partial charge in [0.15, 0.2) is 0 Å². The standard InChI is InChI=1S/C7H4N2O6/c10-6(11)3-1-2-4(9(14)15)5(8-3)7(12)13/h1-2H,(H2-,10,11,12,13,14,15)/p+1. The second-order valence-corrected chi connectivity index (χ2v) is 2.45. The molecule has 3 N–H and O–H groups in total. The van der Waals surface area contributed by atoms with Gasteiger partial charge in [-0.1, -0.05) is 0 Å². The molecule has 0 atom stereocenters. The van der Waals surface area contributed by atoms with E-state index in [2.05, 4.69) is 4.98 Å². The Morgan fingerprint density at radius 2 is 1.80 bits per heavy atom. The van der Waals surface area contributed by atoms with Crippen molar-refractivity contribution in [3.63, 3.8) is 0 Å². The molecule has 0 radical (unpaired) electrons. The zero-order valence-corrected chi connectivity index (χ0v) is 7.12. The van der Waals surface area contributed by atoms with E-state index in [1.54, 1.807) is 0 Å². The average molecular weight is 213 g/mol. The number of carboxylic acids is 2. The summed E-state index contributed by atoms with van der Waals surface area (Å²) in [4.78, 5) is 34.0. The van der Waals surface area contributed by atoms with E-state index in [4.69, 9.17) is 15.4 Å². The Morgan fingerprint density at radius 3 is 2.20 bits per heavy atom. The zero-order valence-electron chi connectivity index (χ0n) is 7.12. The van der Waals surface area contributed by atoms with Crippen LogP contribution in [0.5, 0.6) is 0 Å². The third-order valence-electron chi connectivity index (χ3n) is 1.50. The predicted molar refractivity (Wildman–Crippen MR) is 43.2 cm³/mol. The highest BCUT2D eigenvalue weighted by Gasteiger charge is 2.26. The summed E-state index contributed by atoms with van der Waals surface area (Å²) >= 11 is 0. The molecule has 15 heavy (non-hydrogen) atoms. The number of hydrogen-bond acceptors (Lipinski definition) is 4. The number of nitrogens with zero attached hydrogens (tertiary/aromatic N) is 2. The molecule has 0 aliphatic rings. The molecule has 0 spiro atoms. The van der Waals surface area contributed by atoms with E-state index >= 15 is 0 Å². The van der Waals surface area contributed by atoms with Crippen LogP contribution in [0.4, 0.5) is 5.69 Å². The summed E-state index contributed by atoms with van der Waals surface area (Å²) in [6, 6.07) is 1.76. The highest BCUT2D eigenvalue weighted by atomic mass is 16.6. The van der Waals surface area contributed by atoms with Crippen LogP contribution in [0.2, 0.25) is 0 Å². The normalized spacial score (nSPS) is 9.60. The topological polar surface area (TPSA) is 128 Å². The average Bonchev–Trinajstić information content (AvgIpc) is 2.16. The summed E-state index contributed by atoms with van der Waals surface area (Å²) in [7, 11) is 0. The number of hydrogen-bond donors (Lipinski definition) is 3. The molecule has 8 nitrogen and oxygen atoms in total. The molecule has 0 aliphatic heterocycles. The molecule has 0 bridgehead atoms. The Hall–Kier alpha value is -2.51. The van der Waals surface area contributed by atoms with Gasteiger partial charge in [-0.2, -0.15) is 0 Å². The first-order chi connectivity index (χ1) is 6.93. The minimum atomic E-state index is -1.61. The fourth-order valence-corrected chi connectivity index (χ4v) is 0.883. The molecular formula is C7H5N2O6+. The molecule has 0 saturated carbocycles.